The molecule has 0 fully saturated rings. The molecule has 1 aliphatic rings. The molecule has 0 bridgehead atoms. The number of esters is 1. The van der Waals surface area contributed by atoms with Gasteiger partial charge in [-0.2, -0.15) is 0 Å². The third-order valence-corrected chi connectivity index (χ3v) is 3.61. The molecule has 2 rings (SSSR count). The van der Waals surface area contributed by atoms with Gasteiger partial charge in [0, 0.05) is 18.8 Å². The Morgan fingerprint density at radius 2 is 1.74 bits per heavy atom. The summed E-state index contributed by atoms with van der Waals surface area (Å²) in [5.74, 6) is 0.130. The molecule has 1 aromatic carbocycles. The van der Waals surface area contributed by atoms with E-state index in [0.717, 1.165) is 5.56 Å². The van der Waals surface area contributed by atoms with Gasteiger partial charge in [-0.1, -0.05) is 30.3 Å². The van der Waals surface area contributed by atoms with Crippen molar-refractivity contribution in [1.82, 2.24) is 0 Å². The van der Waals surface area contributed by atoms with Crippen LogP contribution in [0.5, 0.6) is 0 Å². The summed E-state index contributed by atoms with van der Waals surface area (Å²) in [5.41, 5.74) is -0.227. The van der Waals surface area contributed by atoms with Gasteiger partial charge in [-0.15, -0.1) is 0 Å². The van der Waals surface area contributed by atoms with Gasteiger partial charge in [0.2, 0.25) is 6.29 Å². The maximum Gasteiger partial charge on any atom is 0.335 e. The van der Waals surface area contributed by atoms with E-state index in [2.05, 4.69) is 0 Å². The summed E-state index contributed by atoms with van der Waals surface area (Å²) < 4.78 is 22.9. The predicted octanol–water partition coefficient (Wildman–Crippen LogP) is 3.15. The normalized spacial score (nSPS) is 21.0. The molecule has 5 nitrogen and oxygen atoms in total. The quantitative estimate of drug-likeness (QED) is 0.544. The molecule has 0 spiro atoms. The van der Waals surface area contributed by atoms with Crippen molar-refractivity contribution in [3.63, 3.8) is 0 Å². The average molecular weight is 320 g/mol. The summed E-state index contributed by atoms with van der Waals surface area (Å²) in [4.78, 5) is 12.2. The second kappa shape index (κ2) is 8.13. The second-order valence-corrected chi connectivity index (χ2v) is 5.14. The standard InChI is InChI=1S/C18H24O5/c1-4-20-15-12-16(19)23-18(13-15,14-10-8-7-9-11-14)17(21-5-2)22-6-3/h7-12,17H,4-6,13H2,1-3H3. The first-order valence-electron chi connectivity index (χ1n) is 8.01. The van der Waals surface area contributed by atoms with E-state index in [4.69, 9.17) is 18.9 Å². The molecule has 126 valence electrons. The lowest BCUT2D eigenvalue weighted by atomic mass is 9.86. The first-order chi connectivity index (χ1) is 11.2. The van der Waals surface area contributed by atoms with Gasteiger partial charge in [0.1, 0.15) is 5.76 Å². The van der Waals surface area contributed by atoms with Gasteiger partial charge in [-0.05, 0) is 20.8 Å². The van der Waals surface area contributed by atoms with Crippen LogP contribution in [0.2, 0.25) is 0 Å². The van der Waals surface area contributed by atoms with Crippen LogP contribution in [-0.4, -0.2) is 32.1 Å². The van der Waals surface area contributed by atoms with Gasteiger partial charge in [-0.25, -0.2) is 4.79 Å². The molecule has 0 saturated carbocycles. The smallest absolute Gasteiger partial charge is 0.335 e. The Morgan fingerprint density at radius 3 is 2.30 bits per heavy atom. The molecule has 1 aromatic rings. The molecular formula is C18H24O5. The fourth-order valence-corrected chi connectivity index (χ4v) is 2.73. The third-order valence-electron chi connectivity index (χ3n) is 3.61. The average Bonchev–Trinajstić information content (AvgIpc) is 2.55. The first-order valence-corrected chi connectivity index (χ1v) is 8.01. The van der Waals surface area contributed by atoms with Crippen LogP contribution in [0.1, 0.15) is 32.8 Å². The fourth-order valence-electron chi connectivity index (χ4n) is 2.73. The number of rotatable bonds is 8. The molecular weight excluding hydrogens is 296 g/mol. The SMILES string of the molecule is CCOC1=CC(=O)OC(c2ccccc2)(C(OCC)OCC)C1. The first kappa shape index (κ1) is 17.5. The summed E-state index contributed by atoms with van der Waals surface area (Å²) in [5, 5.41) is 0. The molecule has 1 atom stereocenters. The molecule has 0 radical (unpaired) electrons. The van der Waals surface area contributed by atoms with E-state index >= 15 is 0 Å². The van der Waals surface area contributed by atoms with Gasteiger partial charge in [0.05, 0.1) is 19.1 Å². The van der Waals surface area contributed by atoms with Crippen LogP contribution in [0.4, 0.5) is 0 Å². The van der Waals surface area contributed by atoms with Crippen molar-refractivity contribution in [2.75, 3.05) is 19.8 Å². The highest BCUT2D eigenvalue weighted by molar-refractivity contribution is 5.84. The zero-order chi connectivity index (χ0) is 16.7. The van der Waals surface area contributed by atoms with E-state index in [1.54, 1.807) is 0 Å². The Bertz CT molecular complexity index is 534. The minimum absolute atomic E-state index is 0.376. The highest BCUT2D eigenvalue weighted by Gasteiger charge is 2.49. The summed E-state index contributed by atoms with van der Waals surface area (Å²) in [7, 11) is 0. The molecule has 0 N–H and O–H groups in total. The summed E-state index contributed by atoms with van der Waals surface area (Å²) in [6.07, 6.45) is 1.06. The van der Waals surface area contributed by atoms with Crippen molar-refractivity contribution in [3.8, 4) is 0 Å². The number of cyclic esters (lactones) is 1. The molecule has 0 aromatic heterocycles. The zero-order valence-electron chi connectivity index (χ0n) is 13.9. The van der Waals surface area contributed by atoms with Gasteiger partial charge >= 0.3 is 5.97 Å². The van der Waals surface area contributed by atoms with Crippen LogP contribution in [0, 0.1) is 0 Å². The number of benzene rings is 1. The van der Waals surface area contributed by atoms with Crippen LogP contribution in [0.3, 0.4) is 0 Å². The second-order valence-electron chi connectivity index (χ2n) is 5.14. The van der Waals surface area contributed by atoms with E-state index in [1.165, 1.54) is 6.08 Å². The molecule has 1 unspecified atom stereocenters. The number of hydrogen-bond acceptors (Lipinski definition) is 5. The van der Waals surface area contributed by atoms with E-state index < -0.39 is 17.9 Å². The topological polar surface area (TPSA) is 54.0 Å². The van der Waals surface area contributed by atoms with Crippen LogP contribution < -0.4 is 0 Å². The van der Waals surface area contributed by atoms with Crippen molar-refractivity contribution < 1.29 is 23.7 Å². The van der Waals surface area contributed by atoms with Gasteiger partial charge < -0.3 is 18.9 Å². The maximum absolute atomic E-state index is 12.2. The van der Waals surface area contributed by atoms with Crippen LogP contribution >= 0.6 is 0 Å². The number of ether oxygens (including phenoxy) is 4. The van der Waals surface area contributed by atoms with Crippen LogP contribution in [-0.2, 0) is 29.3 Å². The number of carbonyl (C=O) groups excluding carboxylic acids is 1. The molecule has 0 aliphatic carbocycles. The van der Waals surface area contributed by atoms with Gasteiger partial charge in [-0.3, -0.25) is 0 Å². The highest BCUT2D eigenvalue weighted by atomic mass is 16.7. The molecule has 1 aliphatic heterocycles. The maximum atomic E-state index is 12.2. The van der Waals surface area contributed by atoms with Crippen molar-refractivity contribution in [2.45, 2.75) is 39.1 Å². The Balaban J connectivity index is 2.47. The van der Waals surface area contributed by atoms with E-state index in [9.17, 15) is 4.79 Å². The van der Waals surface area contributed by atoms with Crippen molar-refractivity contribution in [2.24, 2.45) is 0 Å². The minimum Gasteiger partial charge on any atom is -0.498 e. The molecule has 0 saturated heterocycles. The highest BCUT2D eigenvalue weighted by Crippen LogP contribution is 2.41. The molecule has 0 amide bonds. The lowest BCUT2D eigenvalue weighted by Crippen LogP contribution is -2.49. The van der Waals surface area contributed by atoms with E-state index in [1.807, 2.05) is 51.1 Å². The van der Waals surface area contributed by atoms with E-state index in [0.29, 0.717) is 32.0 Å². The van der Waals surface area contributed by atoms with Crippen molar-refractivity contribution in [3.05, 3.63) is 47.7 Å². The van der Waals surface area contributed by atoms with Crippen LogP contribution in [0.15, 0.2) is 42.2 Å². The largest absolute Gasteiger partial charge is 0.498 e. The number of hydrogen-bond donors (Lipinski definition) is 0. The molecule has 1 heterocycles. The monoisotopic (exact) mass is 320 g/mol. The Morgan fingerprint density at radius 1 is 1.09 bits per heavy atom. The Kier molecular flexibility index (Phi) is 6.19. The molecule has 23 heavy (non-hydrogen) atoms. The summed E-state index contributed by atoms with van der Waals surface area (Å²) >= 11 is 0. The molecule has 5 heteroatoms. The predicted molar refractivity (Wildman–Crippen MR) is 85.6 cm³/mol. The summed E-state index contributed by atoms with van der Waals surface area (Å²) in [6.45, 7) is 7.03. The lowest BCUT2D eigenvalue weighted by Gasteiger charge is -2.41. The minimum atomic E-state index is -1.05. The fraction of sp³-hybridized carbons (Fsp3) is 0.500. The van der Waals surface area contributed by atoms with Crippen LogP contribution in [0.25, 0.3) is 0 Å². The third kappa shape index (κ3) is 3.92. The number of carbonyl (C=O) groups is 1. The zero-order valence-corrected chi connectivity index (χ0v) is 13.9. The van der Waals surface area contributed by atoms with Gasteiger partial charge in [0.25, 0.3) is 0 Å². The van der Waals surface area contributed by atoms with E-state index in [-0.39, 0.29) is 0 Å². The lowest BCUT2D eigenvalue weighted by molar-refractivity contribution is -0.254. The van der Waals surface area contributed by atoms with Gasteiger partial charge in [0.15, 0.2) is 5.60 Å². The van der Waals surface area contributed by atoms with Crippen molar-refractivity contribution in [1.29, 1.82) is 0 Å². The Labute approximate surface area is 137 Å². The summed E-state index contributed by atoms with van der Waals surface area (Å²) in [6, 6.07) is 9.54. The Hall–Kier alpha value is -1.85. The van der Waals surface area contributed by atoms with Crippen molar-refractivity contribution >= 4 is 5.97 Å².